The van der Waals surface area contributed by atoms with Crippen LogP contribution in [0.25, 0.3) is 0 Å². The molecule has 0 fully saturated rings. The van der Waals surface area contributed by atoms with Crippen molar-refractivity contribution in [2.24, 2.45) is 0 Å². The summed E-state index contributed by atoms with van der Waals surface area (Å²) in [6.07, 6.45) is 1.16. The highest BCUT2D eigenvalue weighted by Crippen LogP contribution is 2.12. The fourth-order valence-electron chi connectivity index (χ4n) is 1.17. The Morgan fingerprint density at radius 3 is 2.71 bits per heavy atom. The minimum atomic E-state index is 0.837. The molecule has 0 unspecified atom stereocenters. The molecule has 0 heterocycles. The van der Waals surface area contributed by atoms with E-state index in [0.29, 0.717) is 0 Å². The van der Waals surface area contributed by atoms with Crippen molar-refractivity contribution in [3.63, 3.8) is 0 Å². The maximum absolute atomic E-state index is 5.27. The monoisotopic (exact) mass is 210 g/mol. The maximum atomic E-state index is 5.27. The van der Waals surface area contributed by atoms with E-state index in [9.17, 15) is 0 Å². The van der Waals surface area contributed by atoms with Gasteiger partial charge >= 0.3 is 0 Å². The van der Waals surface area contributed by atoms with Crippen molar-refractivity contribution in [2.75, 3.05) is 19.0 Å². The summed E-state index contributed by atoms with van der Waals surface area (Å²) in [5, 5.41) is 0. The smallest absolute Gasteiger partial charge is 0.0473 e. The van der Waals surface area contributed by atoms with Crippen LogP contribution in [0, 0.1) is 0 Å². The zero-order valence-corrected chi connectivity index (χ0v) is 9.56. The van der Waals surface area contributed by atoms with Gasteiger partial charge in [-0.15, -0.1) is 0 Å². The van der Waals surface area contributed by atoms with Crippen molar-refractivity contribution in [1.82, 2.24) is 0 Å². The van der Waals surface area contributed by atoms with Gasteiger partial charge in [-0.05, 0) is 24.7 Å². The van der Waals surface area contributed by atoms with Crippen LogP contribution in [0.1, 0.15) is 18.9 Å². The number of rotatable bonds is 7. The fourth-order valence-corrected chi connectivity index (χ4v) is 2.07. The first-order valence-electron chi connectivity index (χ1n) is 5.13. The number of benzene rings is 1. The molecular formula is C12H18OS. The molecule has 0 radical (unpaired) electrons. The SMILES string of the molecule is CCOCCCSCc1ccccc1. The molecule has 0 aromatic heterocycles. The lowest BCUT2D eigenvalue weighted by molar-refractivity contribution is 0.149. The number of hydrogen-bond donors (Lipinski definition) is 0. The molecule has 0 spiro atoms. The van der Waals surface area contributed by atoms with E-state index < -0.39 is 0 Å². The molecule has 0 bridgehead atoms. The van der Waals surface area contributed by atoms with Crippen LogP contribution in [0.2, 0.25) is 0 Å². The Bertz CT molecular complexity index is 223. The van der Waals surface area contributed by atoms with Gasteiger partial charge in [0.05, 0.1) is 0 Å². The van der Waals surface area contributed by atoms with Gasteiger partial charge in [0.2, 0.25) is 0 Å². The van der Waals surface area contributed by atoms with Crippen LogP contribution in [0.4, 0.5) is 0 Å². The minimum absolute atomic E-state index is 0.837. The summed E-state index contributed by atoms with van der Waals surface area (Å²) in [5.41, 5.74) is 1.41. The molecule has 14 heavy (non-hydrogen) atoms. The fraction of sp³-hybridized carbons (Fsp3) is 0.500. The highest BCUT2D eigenvalue weighted by atomic mass is 32.2. The summed E-state index contributed by atoms with van der Waals surface area (Å²) in [6, 6.07) is 10.6. The summed E-state index contributed by atoms with van der Waals surface area (Å²) >= 11 is 1.98. The molecule has 0 saturated carbocycles. The predicted molar refractivity (Wildman–Crippen MR) is 63.7 cm³/mol. The van der Waals surface area contributed by atoms with Crippen molar-refractivity contribution >= 4 is 11.8 Å². The average molecular weight is 210 g/mol. The molecule has 78 valence electrons. The molecular weight excluding hydrogens is 192 g/mol. The van der Waals surface area contributed by atoms with Crippen molar-refractivity contribution in [2.45, 2.75) is 19.1 Å². The second kappa shape index (κ2) is 7.89. The highest BCUT2D eigenvalue weighted by molar-refractivity contribution is 7.98. The van der Waals surface area contributed by atoms with Crippen LogP contribution >= 0.6 is 11.8 Å². The van der Waals surface area contributed by atoms with Crippen molar-refractivity contribution < 1.29 is 4.74 Å². The van der Waals surface area contributed by atoms with Gasteiger partial charge < -0.3 is 4.74 Å². The van der Waals surface area contributed by atoms with Gasteiger partial charge in [-0.1, -0.05) is 30.3 Å². The first-order valence-corrected chi connectivity index (χ1v) is 6.28. The molecule has 0 atom stereocenters. The molecule has 1 rings (SSSR count). The molecule has 0 aliphatic carbocycles. The Kier molecular flexibility index (Phi) is 6.54. The van der Waals surface area contributed by atoms with E-state index in [1.54, 1.807) is 0 Å². The lowest BCUT2D eigenvalue weighted by atomic mass is 10.2. The average Bonchev–Trinajstić information content (AvgIpc) is 2.25. The topological polar surface area (TPSA) is 9.23 Å². The Hall–Kier alpha value is -0.470. The lowest BCUT2D eigenvalue weighted by Gasteiger charge is -2.02. The molecule has 1 nitrogen and oxygen atoms in total. The third kappa shape index (κ3) is 5.30. The minimum Gasteiger partial charge on any atom is -0.382 e. The second-order valence-electron chi connectivity index (χ2n) is 3.09. The maximum Gasteiger partial charge on any atom is 0.0473 e. The summed E-state index contributed by atoms with van der Waals surface area (Å²) < 4.78 is 5.27. The second-order valence-corrected chi connectivity index (χ2v) is 4.19. The molecule has 0 amide bonds. The number of ether oxygens (including phenoxy) is 1. The largest absolute Gasteiger partial charge is 0.382 e. The zero-order chi connectivity index (χ0) is 10.1. The molecule has 0 saturated heterocycles. The normalized spacial score (nSPS) is 10.4. The van der Waals surface area contributed by atoms with Crippen molar-refractivity contribution in [1.29, 1.82) is 0 Å². The van der Waals surface area contributed by atoms with Gasteiger partial charge in [-0.3, -0.25) is 0 Å². The third-order valence-corrected chi connectivity index (χ3v) is 3.01. The van der Waals surface area contributed by atoms with Crippen LogP contribution < -0.4 is 0 Å². The molecule has 2 heteroatoms. The first kappa shape index (κ1) is 11.6. The van der Waals surface area contributed by atoms with E-state index in [1.165, 1.54) is 11.3 Å². The van der Waals surface area contributed by atoms with Gasteiger partial charge in [0, 0.05) is 19.0 Å². The summed E-state index contributed by atoms with van der Waals surface area (Å²) in [5.74, 6) is 2.31. The van der Waals surface area contributed by atoms with Crippen LogP contribution in [0.5, 0.6) is 0 Å². The Balaban J connectivity index is 1.99. The van der Waals surface area contributed by atoms with Crippen molar-refractivity contribution in [3.8, 4) is 0 Å². The molecule has 0 aliphatic heterocycles. The van der Waals surface area contributed by atoms with Gasteiger partial charge in [0.1, 0.15) is 0 Å². The van der Waals surface area contributed by atoms with E-state index in [2.05, 4.69) is 30.3 Å². The van der Waals surface area contributed by atoms with Crippen LogP contribution in [0.15, 0.2) is 30.3 Å². The van der Waals surface area contributed by atoms with E-state index >= 15 is 0 Å². The first-order chi connectivity index (χ1) is 6.93. The molecule has 0 N–H and O–H groups in total. The number of hydrogen-bond acceptors (Lipinski definition) is 2. The Morgan fingerprint density at radius 2 is 2.00 bits per heavy atom. The third-order valence-electron chi connectivity index (χ3n) is 1.89. The number of thioether (sulfide) groups is 1. The standard InChI is InChI=1S/C12H18OS/c1-2-13-9-6-10-14-11-12-7-4-3-5-8-12/h3-5,7-8H,2,6,9-11H2,1H3. The lowest BCUT2D eigenvalue weighted by Crippen LogP contribution is -1.94. The Morgan fingerprint density at radius 1 is 1.21 bits per heavy atom. The van der Waals surface area contributed by atoms with Crippen LogP contribution in [-0.2, 0) is 10.5 Å². The van der Waals surface area contributed by atoms with Crippen molar-refractivity contribution in [3.05, 3.63) is 35.9 Å². The van der Waals surface area contributed by atoms with Gasteiger partial charge in [0.25, 0.3) is 0 Å². The zero-order valence-electron chi connectivity index (χ0n) is 8.74. The summed E-state index contributed by atoms with van der Waals surface area (Å²) in [7, 11) is 0. The quantitative estimate of drug-likeness (QED) is 0.638. The Labute approximate surface area is 90.9 Å². The van der Waals surface area contributed by atoms with E-state index in [4.69, 9.17) is 4.74 Å². The summed E-state index contributed by atoms with van der Waals surface area (Å²) in [6.45, 7) is 3.78. The predicted octanol–water partition coefficient (Wildman–Crippen LogP) is 3.35. The molecule has 0 aliphatic rings. The van der Waals surface area contributed by atoms with Crippen LogP contribution in [0.3, 0.4) is 0 Å². The van der Waals surface area contributed by atoms with Gasteiger partial charge in [-0.2, -0.15) is 11.8 Å². The molecule has 1 aromatic carbocycles. The van der Waals surface area contributed by atoms with Gasteiger partial charge in [0.15, 0.2) is 0 Å². The van der Waals surface area contributed by atoms with Gasteiger partial charge in [-0.25, -0.2) is 0 Å². The van der Waals surface area contributed by atoms with Crippen LogP contribution in [-0.4, -0.2) is 19.0 Å². The highest BCUT2D eigenvalue weighted by Gasteiger charge is 1.92. The van der Waals surface area contributed by atoms with E-state index in [-0.39, 0.29) is 0 Å². The summed E-state index contributed by atoms with van der Waals surface area (Å²) in [4.78, 5) is 0. The van der Waals surface area contributed by atoms with E-state index in [1.807, 2.05) is 18.7 Å². The molecule has 1 aromatic rings. The van der Waals surface area contributed by atoms with E-state index in [0.717, 1.165) is 25.4 Å².